The Morgan fingerprint density at radius 1 is 0.769 bits per heavy atom. The van der Waals surface area contributed by atoms with Gasteiger partial charge < -0.3 is 14.7 Å². The van der Waals surface area contributed by atoms with Gasteiger partial charge in [-0.2, -0.15) is 0 Å². The molecule has 1 aliphatic carbocycles. The van der Waals surface area contributed by atoms with E-state index in [4.69, 9.17) is 4.74 Å². The van der Waals surface area contributed by atoms with Gasteiger partial charge in [0.15, 0.2) is 0 Å². The molecule has 0 spiro atoms. The van der Waals surface area contributed by atoms with E-state index in [0.717, 1.165) is 17.5 Å². The van der Waals surface area contributed by atoms with E-state index in [-0.39, 0.29) is 23.2 Å². The first-order valence-corrected chi connectivity index (χ1v) is 13.8. The zero-order valence-corrected chi connectivity index (χ0v) is 22.4. The largest absolute Gasteiger partial charge is 0.496 e. The second-order valence-electron chi connectivity index (χ2n) is 11.0. The highest BCUT2D eigenvalue weighted by Gasteiger charge is 2.61. The number of para-hydroxylation sites is 1. The Hall–Kier alpha value is -3.89. The number of rotatable bonds is 6. The number of carbonyl (C=O) groups excluding carboxylic acids is 1. The maximum absolute atomic E-state index is 13.7. The van der Waals surface area contributed by atoms with Gasteiger partial charge in [0.25, 0.3) is 0 Å². The van der Waals surface area contributed by atoms with Crippen molar-refractivity contribution in [1.82, 2.24) is 4.90 Å². The van der Waals surface area contributed by atoms with Crippen LogP contribution in [0.3, 0.4) is 0 Å². The van der Waals surface area contributed by atoms with Crippen LogP contribution in [-0.4, -0.2) is 36.1 Å². The zero-order valence-electron chi connectivity index (χ0n) is 22.4. The van der Waals surface area contributed by atoms with Gasteiger partial charge in [0.05, 0.1) is 19.1 Å². The molecular weight excluding hydrogens is 482 g/mol. The monoisotopic (exact) mass is 517 g/mol. The fourth-order valence-electron chi connectivity index (χ4n) is 7.32. The van der Waals surface area contributed by atoms with Crippen LogP contribution in [0.1, 0.15) is 35.1 Å². The number of carbonyl (C=O) groups is 1. The van der Waals surface area contributed by atoms with Crippen molar-refractivity contribution in [2.75, 3.05) is 20.2 Å². The number of amides is 1. The Labute approximate surface area is 230 Å². The summed E-state index contributed by atoms with van der Waals surface area (Å²) in [5, 5.41) is 12.6. The molecular formula is C35H35NO3. The molecule has 198 valence electrons. The summed E-state index contributed by atoms with van der Waals surface area (Å²) in [5.41, 5.74) is 2.86. The quantitative estimate of drug-likeness (QED) is 0.342. The van der Waals surface area contributed by atoms with E-state index in [9.17, 15) is 9.90 Å². The molecule has 2 aliphatic rings. The fraction of sp³-hybridized carbons (Fsp3) is 0.286. The van der Waals surface area contributed by atoms with Crippen LogP contribution in [-0.2, 0) is 22.2 Å². The first kappa shape index (κ1) is 25.4. The van der Waals surface area contributed by atoms with E-state index in [2.05, 4.69) is 60.7 Å². The molecule has 0 bridgehead atoms. The van der Waals surface area contributed by atoms with E-state index in [1.54, 1.807) is 7.11 Å². The number of fused-ring (bicyclic) bond motifs is 1. The fourth-order valence-corrected chi connectivity index (χ4v) is 7.32. The topological polar surface area (TPSA) is 49.8 Å². The molecule has 39 heavy (non-hydrogen) atoms. The average Bonchev–Trinajstić information content (AvgIpc) is 3.47. The number of methoxy groups -OCH3 is 1. The summed E-state index contributed by atoms with van der Waals surface area (Å²) < 4.78 is 5.75. The Kier molecular flexibility index (Phi) is 6.74. The molecule has 4 heteroatoms. The van der Waals surface area contributed by atoms with Crippen molar-refractivity contribution in [3.05, 3.63) is 138 Å². The lowest BCUT2D eigenvalue weighted by Gasteiger charge is -2.53. The molecule has 0 aromatic heterocycles. The normalized spacial score (nSPS) is 23.7. The third kappa shape index (κ3) is 4.33. The minimum absolute atomic E-state index is 0.0192. The maximum Gasteiger partial charge on any atom is 0.227 e. The van der Waals surface area contributed by atoms with Gasteiger partial charge in [-0.3, -0.25) is 4.79 Å². The first-order chi connectivity index (χ1) is 19.1. The molecule has 4 aromatic carbocycles. The van der Waals surface area contributed by atoms with Crippen LogP contribution in [0, 0.1) is 11.8 Å². The van der Waals surface area contributed by atoms with E-state index in [1.165, 1.54) is 11.1 Å². The molecule has 4 aromatic rings. The molecule has 1 amide bonds. The lowest BCUT2D eigenvalue weighted by Crippen LogP contribution is -2.53. The van der Waals surface area contributed by atoms with Crippen molar-refractivity contribution in [1.29, 1.82) is 0 Å². The van der Waals surface area contributed by atoms with E-state index >= 15 is 0 Å². The van der Waals surface area contributed by atoms with Gasteiger partial charge >= 0.3 is 0 Å². The number of aliphatic hydroxyl groups is 1. The lowest BCUT2D eigenvalue weighted by molar-refractivity contribution is -0.130. The van der Waals surface area contributed by atoms with Crippen LogP contribution in [0.4, 0.5) is 0 Å². The van der Waals surface area contributed by atoms with Gasteiger partial charge in [-0.1, -0.05) is 109 Å². The summed E-state index contributed by atoms with van der Waals surface area (Å²) in [7, 11) is 1.66. The van der Waals surface area contributed by atoms with Crippen LogP contribution in [0.2, 0.25) is 0 Å². The van der Waals surface area contributed by atoms with Crippen molar-refractivity contribution in [2.45, 2.75) is 30.3 Å². The van der Waals surface area contributed by atoms with Crippen LogP contribution >= 0.6 is 0 Å². The number of likely N-dealkylation sites (tertiary alicyclic amines) is 1. The number of hydrogen-bond acceptors (Lipinski definition) is 3. The van der Waals surface area contributed by atoms with Crippen LogP contribution in [0.25, 0.3) is 0 Å². The van der Waals surface area contributed by atoms with Gasteiger partial charge in [-0.05, 0) is 41.5 Å². The minimum atomic E-state index is -1.12. The minimum Gasteiger partial charge on any atom is -0.496 e. The Morgan fingerprint density at radius 2 is 1.31 bits per heavy atom. The van der Waals surface area contributed by atoms with Gasteiger partial charge in [-0.25, -0.2) is 0 Å². The van der Waals surface area contributed by atoms with Gasteiger partial charge in [-0.15, -0.1) is 0 Å². The molecule has 0 radical (unpaired) electrons. The maximum atomic E-state index is 13.7. The van der Waals surface area contributed by atoms with Crippen LogP contribution in [0.15, 0.2) is 115 Å². The van der Waals surface area contributed by atoms with Crippen LogP contribution < -0.4 is 4.74 Å². The molecule has 1 saturated carbocycles. The molecule has 3 atom stereocenters. The van der Waals surface area contributed by atoms with Crippen molar-refractivity contribution in [2.24, 2.45) is 11.8 Å². The summed E-state index contributed by atoms with van der Waals surface area (Å²) >= 11 is 0. The second kappa shape index (κ2) is 10.3. The van der Waals surface area contributed by atoms with E-state index < -0.39 is 5.60 Å². The molecule has 6 rings (SSSR count). The van der Waals surface area contributed by atoms with Crippen molar-refractivity contribution in [3.63, 3.8) is 0 Å². The van der Waals surface area contributed by atoms with Crippen LogP contribution in [0.5, 0.6) is 5.75 Å². The molecule has 1 saturated heterocycles. The van der Waals surface area contributed by atoms with Crippen molar-refractivity contribution < 1.29 is 14.6 Å². The molecule has 4 nitrogen and oxygen atoms in total. The third-order valence-electron chi connectivity index (χ3n) is 9.17. The summed E-state index contributed by atoms with van der Waals surface area (Å²) in [5.74, 6) is 0.654. The Bertz CT molecular complexity index is 1380. The van der Waals surface area contributed by atoms with Gasteiger partial charge in [0.2, 0.25) is 5.91 Å². The Morgan fingerprint density at radius 3 is 1.92 bits per heavy atom. The third-order valence-corrected chi connectivity index (χ3v) is 9.17. The Balaban J connectivity index is 1.48. The summed E-state index contributed by atoms with van der Waals surface area (Å²) in [6, 6.07) is 39.1. The van der Waals surface area contributed by atoms with Crippen molar-refractivity contribution in [3.8, 4) is 5.75 Å². The standard InChI is InChI=1S/C35H35NO3/c1-39-32-20-12-11-19-29(32)35(38)22-21-34(27-15-7-3-8-16-27,28-17-9-4-10-18-28)30-24-36(25-31(30)35)33(37)23-26-13-5-2-6-14-26/h2-20,30-31,38H,21-25H2,1H3. The molecule has 1 heterocycles. The average molecular weight is 518 g/mol. The number of hydrogen-bond donors (Lipinski definition) is 1. The van der Waals surface area contributed by atoms with Gasteiger partial charge in [0.1, 0.15) is 5.75 Å². The zero-order chi connectivity index (χ0) is 26.9. The predicted octanol–water partition coefficient (Wildman–Crippen LogP) is 5.98. The van der Waals surface area contributed by atoms with E-state index in [1.807, 2.05) is 59.5 Å². The second-order valence-corrected chi connectivity index (χ2v) is 11.0. The summed E-state index contributed by atoms with van der Waals surface area (Å²) in [6.07, 6.45) is 1.69. The highest BCUT2D eigenvalue weighted by molar-refractivity contribution is 5.79. The van der Waals surface area contributed by atoms with E-state index in [0.29, 0.717) is 31.7 Å². The highest BCUT2D eigenvalue weighted by Crippen LogP contribution is 2.60. The molecule has 3 unspecified atom stereocenters. The number of ether oxygens (including phenoxy) is 1. The summed E-state index contributed by atoms with van der Waals surface area (Å²) in [6.45, 7) is 1.10. The molecule has 2 fully saturated rings. The summed E-state index contributed by atoms with van der Waals surface area (Å²) in [4.78, 5) is 15.7. The van der Waals surface area contributed by atoms with Crippen molar-refractivity contribution >= 4 is 5.91 Å². The number of nitrogens with zero attached hydrogens (tertiary/aromatic N) is 1. The first-order valence-electron chi connectivity index (χ1n) is 13.8. The smallest absolute Gasteiger partial charge is 0.227 e. The van der Waals surface area contributed by atoms with Gasteiger partial charge in [0, 0.05) is 30.0 Å². The predicted molar refractivity (Wildman–Crippen MR) is 153 cm³/mol. The molecule has 1 N–H and O–H groups in total. The highest BCUT2D eigenvalue weighted by atomic mass is 16.5. The SMILES string of the molecule is COc1ccccc1C1(O)CCC(c2ccccc2)(c2ccccc2)C2CN(C(=O)Cc3ccccc3)CC21. The lowest BCUT2D eigenvalue weighted by atomic mass is 9.52. The number of benzene rings is 4. The molecule has 1 aliphatic heterocycles.